The first kappa shape index (κ1) is 15.2. The fourth-order valence-corrected chi connectivity index (χ4v) is 3.45. The van der Waals surface area contributed by atoms with Crippen molar-refractivity contribution in [3.05, 3.63) is 34.9 Å². The molecule has 1 saturated heterocycles. The predicted molar refractivity (Wildman–Crippen MR) is 83.1 cm³/mol. The van der Waals surface area contributed by atoms with Crippen LogP contribution in [0.15, 0.2) is 18.2 Å². The maximum atomic E-state index is 12.9. The lowest BCUT2D eigenvalue weighted by Crippen LogP contribution is -2.53. The molecule has 3 rings (SSSR count). The van der Waals surface area contributed by atoms with Gasteiger partial charge in [0.1, 0.15) is 0 Å². The first-order valence-corrected chi connectivity index (χ1v) is 7.87. The number of nitrogens with zero attached hydrogens (tertiary/aromatic N) is 2. The summed E-state index contributed by atoms with van der Waals surface area (Å²) in [4.78, 5) is 28.7. The van der Waals surface area contributed by atoms with Crippen LogP contribution in [0.1, 0.15) is 39.1 Å². The number of hydrogen-bond acceptors (Lipinski definition) is 4. The number of ketones is 1. The van der Waals surface area contributed by atoms with Gasteiger partial charge in [0, 0.05) is 49.8 Å². The number of hydrogen-bond donors (Lipinski definition) is 1. The van der Waals surface area contributed by atoms with Crippen molar-refractivity contribution in [1.82, 2.24) is 9.80 Å². The number of Topliss-reactive ketones (excluding diaryl/α,β-unsaturated/α-hetero) is 1. The molecular formula is C17H22N2O3. The summed E-state index contributed by atoms with van der Waals surface area (Å²) in [7, 11) is 2.03. The minimum Gasteiger partial charge on any atom is -0.396 e. The van der Waals surface area contributed by atoms with E-state index in [1.807, 2.05) is 24.1 Å². The predicted octanol–water partition coefficient (Wildman–Crippen LogP) is 0.954. The third-order valence-electron chi connectivity index (χ3n) is 4.84. The Morgan fingerprint density at radius 3 is 2.91 bits per heavy atom. The number of amides is 1. The maximum Gasteiger partial charge on any atom is 0.254 e. The average Bonchev–Trinajstić information content (AvgIpc) is 2.91. The molecule has 118 valence electrons. The van der Waals surface area contributed by atoms with Crippen LogP contribution >= 0.6 is 0 Å². The summed E-state index contributed by atoms with van der Waals surface area (Å²) in [5.74, 6) is 0.156. The summed E-state index contributed by atoms with van der Waals surface area (Å²) in [5, 5.41) is 9.17. The van der Waals surface area contributed by atoms with E-state index < -0.39 is 0 Å². The molecule has 1 heterocycles. The number of carbonyl (C=O) groups excluding carboxylic acids is 2. The highest BCUT2D eigenvalue weighted by molar-refractivity contribution is 6.05. The molecule has 5 nitrogen and oxygen atoms in total. The van der Waals surface area contributed by atoms with Gasteiger partial charge in [-0.05, 0) is 31.5 Å². The van der Waals surface area contributed by atoms with Gasteiger partial charge in [-0.25, -0.2) is 0 Å². The summed E-state index contributed by atoms with van der Waals surface area (Å²) in [6.45, 7) is 2.26. The van der Waals surface area contributed by atoms with Crippen LogP contribution in [0.5, 0.6) is 0 Å². The topological polar surface area (TPSA) is 60.9 Å². The van der Waals surface area contributed by atoms with E-state index in [1.165, 1.54) is 0 Å². The highest BCUT2D eigenvalue weighted by atomic mass is 16.3. The second kappa shape index (κ2) is 6.18. The van der Waals surface area contributed by atoms with Crippen molar-refractivity contribution < 1.29 is 14.7 Å². The summed E-state index contributed by atoms with van der Waals surface area (Å²) in [5.41, 5.74) is 2.30. The van der Waals surface area contributed by atoms with Crippen LogP contribution in [0, 0.1) is 0 Å². The lowest BCUT2D eigenvalue weighted by atomic mass is 10.0. The Morgan fingerprint density at radius 2 is 2.14 bits per heavy atom. The molecule has 1 atom stereocenters. The Kier molecular flexibility index (Phi) is 4.27. The van der Waals surface area contributed by atoms with Crippen LogP contribution in [0.3, 0.4) is 0 Å². The van der Waals surface area contributed by atoms with Crippen LogP contribution in [0.4, 0.5) is 0 Å². The SMILES string of the molecule is CN1CCN(C(=O)c2cccc3c2CCC3=O)C[C@H]1CCO. The van der Waals surface area contributed by atoms with Gasteiger partial charge in [-0.1, -0.05) is 12.1 Å². The summed E-state index contributed by atoms with van der Waals surface area (Å²) in [6, 6.07) is 5.65. The fourth-order valence-electron chi connectivity index (χ4n) is 3.45. The molecule has 1 fully saturated rings. The van der Waals surface area contributed by atoms with Crippen molar-refractivity contribution in [2.75, 3.05) is 33.3 Å². The Morgan fingerprint density at radius 1 is 1.32 bits per heavy atom. The summed E-state index contributed by atoms with van der Waals surface area (Å²) >= 11 is 0. The van der Waals surface area contributed by atoms with Crippen molar-refractivity contribution in [2.45, 2.75) is 25.3 Å². The standard InChI is InChI=1S/C17H22N2O3/c1-18-8-9-19(11-12(18)7-10-20)17(22)15-4-2-3-14-13(15)5-6-16(14)21/h2-4,12,20H,5-11H2,1H3/t12-/m1/s1. The normalized spacial score (nSPS) is 22.0. The van der Waals surface area contributed by atoms with Crippen LogP contribution in [-0.4, -0.2) is 65.9 Å². The molecular weight excluding hydrogens is 280 g/mol. The van der Waals surface area contributed by atoms with E-state index in [9.17, 15) is 9.59 Å². The quantitative estimate of drug-likeness (QED) is 0.903. The van der Waals surface area contributed by atoms with Gasteiger partial charge in [-0.2, -0.15) is 0 Å². The van der Waals surface area contributed by atoms with Crippen LogP contribution in [0.2, 0.25) is 0 Å². The minimum atomic E-state index is 0.0163. The van der Waals surface area contributed by atoms with Crippen molar-refractivity contribution in [2.24, 2.45) is 0 Å². The fraction of sp³-hybridized carbons (Fsp3) is 0.529. The molecule has 1 aromatic rings. The molecule has 1 amide bonds. The number of piperazine rings is 1. The Bertz CT molecular complexity index is 600. The van der Waals surface area contributed by atoms with E-state index in [0.717, 1.165) is 12.1 Å². The van der Waals surface area contributed by atoms with Gasteiger partial charge in [0.15, 0.2) is 5.78 Å². The molecule has 0 spiro atoms. The number of likely N-dealkylation sites (N-methyl/N-ethyl adjacent to an activating group) is 1. The lowest BCUT2D eigenvalue weighted by molar-refractivity contribution is 0.0499. The molecule has 1 aliphatic carbocycles. The third-order valence-corrected chi connectivity index (χ3v) is 4.84. The largest absolute Gasteiger partial charge is 0.396 e. The molecule has 1 aromatic carbocycles. The number of benzene rings is 1. The molecule has 0 aromatic heterocycles. The van der Waals surface area contributed by atoms with Gasteiger partial charge in [0.2, 0.25) is 0 Å². The zero-order chi connectivity index (χ0) is 15.7. The number of fused-ring (bicyclic) bond motifs is 1. The number of aliphatic hydroxyl groups excluding tert-OH is 1. The molecule has 0 bridgehead atoms. The molecule has 2 aliphatic rings. The van der Waals surface area contributed by atoms with Gasteiger partial charge < -0.3 is 10.0 Å². The van der Waals surface area contributed by atoms with Crippen LogP contribution in [0.25, 0.3) is 0 Å². The molecule has 0 radical (unpaired) electrons. The Labute approximate surface area is 130 Å². The van der Waals surface area contributed by atoms with Crippen LogP contribution in [-0.2, 0) is 6.42 Å². The van der Waals surface area contributed by atoms with Gasteiger partial charge in [0.25, 0.3) is 5.91 Å². The Balaban J connectivity index is 1.82. The van der Waals surface area contributed by atoms with E-state index in [1.54, 1.807) is 6.07 Å². The number of aliphatic hydroxyl groups is 1. The van der Waals surface area contributed by atoms with Crippen molar-refractivity contribution in [1.29, 1.82) is 0 Å². The van der Waals surface area contributed by atoms with Crippen molar-refractivity contribution in [3.63, 3.8) is 0 Å². The molecule has 5 heteroatoms. The van der Waals surface area contributed by atoms with E-state index >= 15 is 0 Å². The highest BCUT2D eigenvalue weighted by Gasteiger charge is 2.30. The first-order chi connectivity index (χ1) is 10.6. The second-order valence-corrected chi connectivity index (χ2v) is 6.15. The highest BCUT2D eigenvalue weighted by Crippen LogP contribution is 2.27. The minimum absolute atomic E-state index is 0.0163. The third kappa shape index (κ3) is 2.66. The van der Waals surface area contributed by atoms with E-state index in [4.69, 9.17) is 5.11 Å². The zero-order valence-electron chi connectivity index (χ0n) is 12.9. The molecule has 1 N–H and O–H groups in total. The van der Waals surface area contributed by atoms with Gasteiger partial charge in [-0.3, -0.25) is 14.5 Å². The lowest BCUT2D eigenvalue weighted by Gasteiger charge is -2.39. The monoisotopic (exact) mass is 302 g/mol. The molecule has 0 saturated carbocycles. The Hall–Kier alpha value is -1.72. The first-order valence-electron chi connectivity index (χ1n) is 7.87. The second-order valence-electron chi connectivity index (χ2n) is 6.15. The van der Waals surface area contributed by atoms with E-state index in [0.29, 0.717) is 43.5 Å². The maximum absolute atomic E-state index is 12.9. The van der Waals surface area contributed by atoms with Gasteiger partial charge >= 0.3 is 0 Å². The summed E-state index contributed by atoms with van der Waals surface area (Å²) in [6.07, 6.45) is 1.85. The summed E-state index contributed by atoms with van der Waals surface area (Å²) < 4.78 is 0. The van der Waals surface area contributed by atoms with E-state index in [2.05, 4.69) is 4.90 Å². The average molecular weight is 302 g/mol. The smallest absolute Gasteiger partial charge is 0.254 e. The van der Waals surface area contributed by atoms with E-state index in [-0.39, 0.29) is 24.3 Å². The van der Waals surface area contributed by atoms with Crippen molar-refractivity contribution >= 4 is 11.7 Å². The number of carbonyl (C=O) groups is 2. The zero-order valence-corrected chi connectivity index (χ0v) is 12.9. The van der Waals surface area contributed by atoms with Crippen LogP contribution < -0.4 is 0 Å². The van der Waals surface area contributed by atoms with Crippen molar-refractivity contribution in [3.8, 4) is 0 Å². The molecule has 0 unspecified atom stereocenters. The molecule has 1 aliphatic heterocycles. The number of rotatable bonds is 3. The molecule has 22 heavy (non-hydrogen) atoms. The van der Waals surface area contributed by atoms with Gasteiger partial charge in [0.05, 0.1) is 0 Å². The van der Waals surface area contributed by atoms with Gasteiger partial charge in [-0.15, -0.1) is 0 Å².